The van der Waals surface area contributed by atoms with Gasteiger partial charge in [0.1, 0.15) is 5.76 Å². The third kappa shape index (κ3) is 2.22. The Labute approximate surface area is 84.2 Å². The molecule has 0 spiro atoms. The van der Waals surface area contributed by atoms with E-state index < -0.39 is 0 Å². The van der Waals surface area contributed by atoms with Crippen molar-refractivity contribution in [2.24, 2.45) is 0 Å². The van der Waals surface area contributed by atoms with E-state index >= 15 is 0 Å². The average molecular weight is 190 g/mol. The fourth-order valence-corrected chi connectivity index (χ4v) is 1.36. The van der Waals surface area contributed by atoms with Gasteiger partial charge in [0, 0.05) is 0 Å². The van der Waals surface area contributed by atoms with Gasteiger partial charge in [-0.3, -0.25) is 4.79 Å². The Morgan fingerprint density at radius 1 is 1.14 bits per heavy atom. The maximum Gasteiger partial charge on any atom is 0.163 e. The molecule has 74 valence electrons. The van der Waals surface area contributed by atoms with Gasteiger partial charge < -0.3 is 4.74 Å². The molecule has 14 heavy (non-hydrogen) atoms. The Morgan fingerprint density at radius 2 is 1.71 bits per heavy atom. The summed E-state index contributed by atoms with van der Waals surface area (Å²) in [4.78, 5) is 11.4. The minimum absolute atomic E-state index is 0.0237. The van der Waals surface area contributed by atoms with Crippen LogP contribution in [-0.2, 0) is 9.53 Å². The molecular formula is C12H14O2. The van der Waals surface area contributed by atoms with Gasteiger partial charge in [-0.05, 0) is 19.4 Å². The van der Waals surface area contributed by atoms with Gasteiger partial charge in [0.25, 0.3) is 0 Å². The second-order valence-electron chi connectivity index (χ2n) is 3.06. The summed E-state index contributed by atoms with van der Waals surface area (Å²) in [6.07, 6.45) is 0. The lowest BCUT2D eigenvalue weighted by atomic mass is 10.0. The van der Waals surface area contributed by atoms with Crippen molar-refractivity contribution < 1.29 is 9.53 Å². The number of carbonyl (C=O) groups is 1. The lowest BCUT2D eigenvalue weighted by molar-refractivity contribution is -0.111. The van der Waals surface area contributed by atoms with E-state index in [2.05, 4.69) is 0 Å². The van der Waals surface area contributed by atoms with Crippen LogP contribution in [0.25, 0.3) is 5.57 Å². The molecule has 0 saturated carbocycles. The highest BCUT2D eigenvalue weighted by molar-refractivity contribution is 6.20. The monoisotopic (exact) mass is 190 g/mol. The second-order valence-corrected chi connectivity index (χ2v) is 3.06. The molecule has 0 radical (unpaired) electrons. The summed E-state index contributed by atoms with van der Waals surface area (Å²) < 4.78 is 5.09. The average Bonchev–Trinajstić information content (AvgIpc) is 2.19. The van der Waals surface area contributed by atoms with Crippen molar-refractivity contribution in [3.63, 3.8) is 0 Å². The van der Waals surface area contributed by atoms with Gasteiger partial charge in [0.05, 0.1) is 12.7 Å². The zero-order valence-electron chi connectivity index (χ0n) is 8.70. The number of hydrogen-bond acceptors (Lipinski definition) is 2. The molecule has 0 unspecified atom stereocenters. The molecule has 1 aromatic rings. The number of rotatable bonds is 3. The molecule has 0 fully saturated rings. The molecule has 0 atom stereocenters. The Morgan fingerprint density at radius 3 is 2.14 bits per heavy atom. The first-order valence-corrected chi connectivity index (χ1v) is 4.48. The predicted molar refractivity (Wildman–Crippen MR) is 56.7 cm³/mol. The van der Waals surface area contributed by atoms with E-state index in [9.17, 15) is 4.79 Å². The molecule has 0 aliphatic carbocycles. The van der Waals surface area contributed by atoms with Gasteiger partial charge >= 0.3 is 0 Å². The highest BCUT2D eigenvalue weighted by atomic mass is 16.5. The van der Waals surface area contributed by atoms with E-state index in [1.165, 1.54) is 0 Å². The van der Waals surface area contributed by atoms with Crippen molar-refractivity contribution in [2.45, 2.75) is 13.8 Å². The summed E-state index contributed by atoms with van der Waals surface area (Å²) in [5.74, 6) is 0.680. The third-order valence-corrected chi connectivity index (χ3v) is 2.07. The highest BCUT2D eigenvalue weighted by Gasteiger charge is 2.10. The molecule has 0 aliphatic heterocycles. The van der Waals surface area contributed by atoms with Crippen LogP contribution in [0, 0.1) is 0 Å². The second kappa shape index (κ2) is 4.61. The number of allylic oxidation sites excluding steroid dienone is 2. The first-order valence-electron chi connectivity index (χ1n) is 4.48. The van der Waals surface area contributed by atoms with Gasteiger partial charge in [-0.15, -0.1) is 0 Å². The lowest BCUT2D eigenvalue weighted by Gasteiger charge is -2.08. The summed E-state index contributed by atoms with van der Waals surface area (Å²) in [5.41, 5.74) is 1.55. The molecule has 1 aromatic carbocycles. The zero-order valence-corrected chi connectivity index (χ0v) is 8.70. The number of hydrogen-bond donors (Lipinski definition) is 0. The first kappa shape index (κ1) is 10.5. The quantitative estimate of drug-likeness (QED) is 0.541. The van der Waals surface area contributed by atoms with Crippen LogP contribution in [0.2, 0.25) is 0 Å². The Balaban J connectivity index is 3.21. The number of carbonyl (C=O) groups excluding carboxylic acids is 1. The van der Waals surface area contributed by atoms with Crippen molar-refractivity contribution >= 4 is 11.4 Å². The minimum Gasteiger partial charge on any atom is -0.501 e. The van der Waals surface area contributed by atoms with E-state index in [4.69, 9.17) is 4.74 Å². The standard InChI is InChI=1S/C12H14O2/c1-9(13)12(10(2)14-3)11-7-5-4-6-8-11/h4-8H,1-3H3/b12-10+. The van der Waals surface area contributed by atoms with Gasteiger partial charge in [0.2, 0.25) is 0 Å². The molecule has 0 aliphatic rings. The van der Waals surface area contributed by atoms with Crippen LogP contribution in [0.4, 0.5) is 0 Å². The van der Waals surface area contributed by atoms with E-state index in [0.717, 1.165) is 5.56 Å². The van der Waals surface area contributed by atoms with Crippen LogP contribution in [0.1, 0.15) is 19.4 Å². The van der Waals surface area contributed by atoms with Crippen LogP contribution in [0.5, 0.6) is 0 Å². The van der Waals surface area contributed by atoms with Crippen molar-refractivity contribution in [3.8, 4) is 0 Å². The SMILES string of the molecule is CO/C(C)=C(\C(C)=O)c1ccccc1. The molecule has 2 nitrogen and oxygen atoms in total. The van der Waals surface area contributed by atoms with Crippen molar-refractivity contribution in [1.29, 1.82) is 0 Å². The van der Waals surface area contributed by atoms with Crippen LogP contribution in [0.15, 0.2) is 36.1 Å². The van der Waals surface area contributed by atoms with E-state index in [0.29, 0.717) is 11.3 Å². The molecule has 0 N–H and O–H groups in total. The molecule has 0 amide bonds. The van der Waals surface area contributed by atoms with Crippen LogP contribution in [0.3, 0.4) is 0 Å². The summed E-state index contributed by atoms with van der Waals surface area (Å²) in [5, 5.41) is 0. The van der Waals surface area contributed by atoms with E-state index in [-0.39, 0.29) is 5.78 Å². The van der Waals surface area contributed by atoms with E-state index in [1.54, 1.807) is 21.0 Å². The number of methoxy groups -OCH3 is 1. The summed E-state index contributed by atoms with van der Waals surface area (Å²) in [7, 11) is 1.57. The fourth-order valence-electron chi connectivity index (χ4n) is 1.36. The smallest absolute Gasteiger partial charge is 0.163 e. The molecular weight excluding hydrogens is 176 g/mol. The third-order valence-electron chi connectivity index (χ3n) is 2.07. The topological polar surface area (TPSA) is 26.3 Å². The van der Waals surface area contributed by atoms with Crippen molar-refractivity contribution in [3.05, 3.63) is 41.7 Å². The van der Waals surface area contributed by atoms with Crippen molar-refractivity contribution in [2.75, 3.05) is 7.11 Å². The molecule has 2 heteroatoms. The highest BCUT2D eigenvalue weighted by Crippen LogP contribution is 2.19. The zero-order chi connectivity index (χ0) is 10.6. The maximum absolute atomic E-state index is 11.4. The summed E-state index contributed by atoms with van der Waals surface area (Å²) >= 11 is 0. The van der Waals surface area contributed by atoms with Crippen LogP contribution < -0.4 is 0 Å². The number of ether oxygens (including phenoxy) is 1. The number of Topliss-reactive ketones (excluding diaryl/α,β-unsaturated/α-hetero) is 1. The molecule has 0 saturated heterocycles. The van der Waals surface area contributed by atoms with Crippen LogP contribution in [-0.4, -0.2) is 12.9 Å². The first-order chi connectivity index (χ1) is 6.66. The molecule has 0 heterocycles. The van der Waals surface area contributed by atoms with Crippen molar-refractivity contribution in [1.82, 2.24) is 0 Å². The summed E-state index contributed by atoms with van der Waals surface area (Å²) in [6.45, 7) is 3.34. The Kier molecular flexibility index (Phi) is 3.46. The normalized spacial score (nSPS) is 11.9. The van der Waals surface area contributed by atoms with Gasteiger partial charge in [-0.25, -0.2) is 0 Å². The largest absolute Gasteiger partial charge is 0.501 e. The predicted octanol–water partition coefficient (Wildman–Crippen LogP) is 2.65. The fraction of sp³-hybridized carbons (Fsp3) is 0.250. The van der Waals surface area contributed by atoms with Crippen LogP contribution >= 0.6 is 0 Å². The molecule has 0 aromatic heterocycles. The minimum atomic E-state index is 0.0237. The van der Waals surface area contributed by atoms with E-state index in [1.807, 2.05) is 30.3 Å². The Bertz CT molecular complexity index is 350. The van der Waals surface area contributed by atoms with Gasteiger partial charge in [-0.1, -0.05) is 30.3 Å². The molecule has 0 bridgehead atoms. The number of benzene rings is 1. The Hall–Kier alpha value is -1.57. The lowest BCUT2D eigenvalue weighted by Crippen LogP contribution is -2.00. The number of ketones is 1. The van der Waals surface area contributed by atoms with Gasteiger partial charge in [0.15, 0.2) is 5.78 Å². The summed E-state index contributed by atoms with van der Waals surface area (Å²) in [6, 6.07) is 9.53. The molecule has 1 rings (SSSR count). The maximum atomic E-state index is 11.4. The van der Waals surface area contributed by atoms with Gasteiger partial charge in [-0.2, -0.15) is 0 Å².